The van der Waals surface area contributed by atoms with Crippen LogP contribution in [0.3, 0.4) is 0 Å². The zero-order valence-electron chi connectivity index (χ0n) is 8.77. The van der Waals surface area contributed by atoms with Gasteiger partial charge in [0.1, 0.15) is 11.5 Å². The fourth-order valence-corrected chi connectivity index (χ4v) is 1.57. The maximum absolute atomic E-state index is 6.04. The van der Waals surface area contributed by atoms with Crippen LogP contribution in [0, 0.1) is 6.92 Å². The van der Waals surface area contributed by atoms with Crippen LogP contribution >= 0.6 is 23.2 Å². The maximum atomic E-state index is 6.04. The van der Waals surface area contributed by atoms with Crippen LogP contribution in [0.25, 0.3) is 0 Å². The molecule has 0 fully saturated rings. The third-order valence-corrected chi connectivity index (χ3v) is 2.84. The van der Waals surface area contributed by atoms with Gasteiger partial charge in [-0.25, -0.2) is 0 Å². The second kappa shape index (κ2) is 5.45. The predicted molar refractivity (Wildman–Crippen MR) is 60.3 cm³/mol. The molecule has 5 heteroatoms. The van der Waals surface area contributed by atoms with E-state index in [0.717, 1.165) is 5.56 Å². The van der Waals surface area contributed by atoms with E-state index in [1.54, 1.807) is 13.0 Å². The summed E-state index contributed by atoms with van der Waals surface area (Å²) in [6.45, 7) is 1.93. The quantitative estimate of drug-likeness (QED) is 0.768. The van der Waals surface area contributed by atoms with Crippen LogP contribution in [0.5, 0.6) is 11.5 Å². The van der Waals surface area contributed by atoms with Gasteiger partial charge in [-0.05, 0) is 12.5 Å². The minimum Gasteiger partial charge on any atom is -0.495 e. The zero-order chi connectivity index (χ0) is 11.4. The van der Waals surface area contributed by atoms with E-state index in [1.165, 1.54) is 14.2 Å². The molecule has 0 amide bonds. The van der Waals surface area contributed by atoms with Crippen molar-refractivity contribution in [3.05, 3.63) is 21.7 Å². The molecule has 0 bridgehead atoms. The van der Waals surface area contributed by atoms with Gasteiger partial charge >= 0.3 is 0 Å². The molecule has 1 aromatic rings. The van der Waals surface area contributed by atoms with E-state index in [2.05, 4.69) is 0 Å². The molecule has 0 heterocycles. The lowest BCUT2D eigenvalue weighted by Gasteiger charge is -2.13. The molecule has 0 aliphatic rings. The molecule has 1 aromatic carbocycles. The van der Waals surface area contributed by atoms with Crippen molar-refractivity contribution in [3.8, 4) is 11.5 Å². The molecule has 84 valence electrons. The molecule has 0 saturated carbocycles. The van der Waals surface area contributed by atoms with E-state index in [9.17, 15) is 0 Å². The fraction of sp³-hybridized carbons (Fsp3) is 0.400. The normalized spacial score (nSPS) is 10.2. The Balaban J connectivity index is 3.11. The lowest BCUT2D eigenvalue weighted by atomic mass is 10.2. The third-order valence-electron chi connectivity index (χ3n) is 1.91. The van der Waals surface area contributed by atoms with Crippen LogP contribution in [-0.2, 0) is 4.74 Å². The van der Waals surface area contributed by atoms with Crippen molar-refractivity contribution in [1.82, 2.24) is 0 Å². The van der Waals surface area contributed by atoms with Crippen molar-refractivity contribution >= 4 is 23.2 Å². The summed E-state index contributed by atoms with van der Waals surface area (Å²) in [5.74, 6) is 1.03. The molecule has 0 aliphatic carbocycles. The van der Waals surface area contributed by atoms with Gasteiger partial charge in [-0.15, -0.1) is 0 Å². The summed E-state index contributed by atoms with van der Waals surface area (Å²) in [5.41, 5.74) is 0.726. The van der Waals surface area contributed by atoms with Crippen LogP contribution in [0.15, 0.2) is 6.07 Å². The van der Waals surface area contributed by atoms with Crippen molar-refractivity contribution in [2.24, 2.45) is 0 Å². The Hall–Kier alpha value is -0.640. The third kappa shape index (κ3) is 2.68. The Labute approximate surface area is 98.8 Å². The Kier molecular flexibility index (Phi) is 4.51. The number of hydrogen-bond donors (Lipinski definition) is 0. The van der Waals surface area contributed by atoms with E-state index in [4.69, 9.17) is 37.4 Å². The Morgan fingerprint density at radius 3 is 2.27 bits per heavy atom. The summed E-state index contributed by atoms with van der Waals surface area (Å²) < 4.78 is 15.2. The number of halogens is 2. The predicted octanol–water partition coefficient (Wildman–Crippen LogP) is 3.29. The minimum atomic E-state index is 0.129. The molecular formula is C10H12Cl2O3. The summed E-state index contributed by atoms with van der Waals surface area (Å²) >= 11 is 12.1. The summed E-state index contributed by atoms with van der Waals surface area (Å²) in [5, 5.41) is 0.963. The van der Waals surface area contributed by atoms with Gasteiger partial charge in [-0.3, -0.25) is 0 Å². The van der Waals surface area contributed by atoms with Crippen molar-refractivity contribution in [2.45, 2.75) is 6.92 Å². The van der Waals surface area contributed by atoms with Crippen molar-refractivity contribution < 1.29 is 14.2 Å². The zero-order valence-corrected chi connectivity index (χ0v) is 10.3. The molecule has 0 radical (unpaired) electrons. The Bertz CT molecular complexity index is 353. The highest BCUT2D eigenvalue weighted by molar-refractivity contribution is 6.37. The summed E-state index contributed by atoms with van der Waals surface area (Å²) in [7, 11) is 3.07. The number of ether oxygens (including phenoxy) is 3. The first-order valence-electron chi connectivity index (χ1n) is 4.26. The van der Waals surface area contributed by atoms with Gasteiger partial charge in [0.25, 0.3) is 0 Å². The summed E-state index contributed by atoms with van der Waals surface area (Å²) in [4.78, 5) is 0. The average molecular weight is 251 g/mol. The maximum Gasteiger partial charge on any atom is 0.188 e. The number of rotatable bonds is 4. The van der Waals surface area contributed by atoms with E-state index in [-0.39, 0.29) is 6.79 Å². The molecule has 0 N–H and O–H groups in total. The standard InChI is InChI=1S/C10H12Cl2O3/c1-6-9(11)7(14-3)4-8(10(6)12)15-5-13-2/h4H,5H2,1-3H3. The van der Waals surface area contributed by atoms with E-state index < -0.39 is 0 Å². The SMILES string of the molecule is COCOc1cc(OC)c(Cl)c(C)c1Cl. The molecule has 1 rings (SSSR count). The molecule has 3 nitrogen and oxygen atoms in total. The lowest BCUT2D eigenvalue weighted by Crippen LogP contribution is -2.01. The Morgan fingerprint density at radius 2 is 1.73 bits per heavy atom. The van der Waals surface area contributed by atoms with Crippen LogP contribution in [-0.4, -0.2) is 21.0 Å². The van der Waals surface area contributed by atoms with Gasteiger partial charge in [0.05, 0.1) is 17.2 Å². The molecule has 0 atom stereocenters. The second-order valence-electron chi connectivity index (χ2n) is 2.88. The van der Waals surface area contributed by atoms with Gasteiger partial charge in [0.2, 0.25) is 0 Å². The summed E-state index contributed by atoms with van der Waals surface area (Å²) in [6, 6.07) is 1.64. The molecule has 0 saturated heterocycles. The topological polar surface area (TPSA) is 27.7 Å². The molecule has 0 aliphatic heterocycles. The van der Waals surface area contributed by atoms with Crippen LogP contribution in [0.2, 0.25) is 10.0 Å². The number of benzene rings is 1. The first-order chi connectivity index (χ1) is 7.11. The smallest absolute Gasteiger partial charge is 0.188 e. The van der Waals surface area contributed by atoms with Crippen LogP contribution < -0.4 is 9.47 Å². The first kappa shape index (κ1) is 12.4. The van der Waals surface area contributed by atoms with Crippen LogP contribution in [0.4, 0.5) is 0 Å². The first-order valence-corrected chi connectivity index (χ1v) is 5.01. The van der Waals surface area contributed by atoms with E-state index in [1.807, 2.05) is 0 Å². The minimum absolute atomic E-state index is 0.129. The monoisotopic (exact) mass is 250 g/mol. The van der Waals surface area contributed by atoms with Gasteiger partial charge in [0.15, 0.2) is 6.79 Å². The second-order valence-corrected chi connectivity index (χ2v) is 3.64. The highest BCUT2D eigenvalue weighted by Gasteiger charge is 2.13. The van der Waals surface area contributed by atoms with Crippen molar-refractivity contribution in [1.29, 1.82) is 0 Å². The van der Waals surface area contributed by atoms with Crippen LogP contribution in [0.1, 0.15) is 5.56 Å². The van der Waals surface area contributed by atoms with Gasteiger partial charge in [0, 0.05) is 13.2 Å². The molecule has 15 heavy (non-hydrogen) atoms. The average Bonchev–Trinajstić information content (AvgIpc) is 2.25. The molecule has 0 unspecified atom stereocenters. The van der Waals surface area contributed by atoms with Crippen molar-refractivity contribution in [2.75, 3.05) is 21.0 Å². The fourth-order valence-electron chi connectivity index (χ4n) is 1.09. The van der Waals surface area contributed by atoms with E-state index >= 15 is 0 Å². The molecule has 0 aromatic heterocycles. The molecular weight excluding hydrogens is 239 g/mol. The lowest BCUT2D eigenvalue weighted by molar-refractivity contribution is 0.0510. The largest absolute Gasteiger partial charge is 0.495 e. The van der Waals surface area contributed by atoms with Gasteiger partial charge in [-0.1, -0.05) is 23.2 Å². The Morgan fingerprint density at radius 1 is 1.13 bits per heavy atom. The number of hydrogen-bond acceptors (Lipinski definition) is 3. The number of methoxy groups -OCH3 is 2. The van der Waals surface area contributed by atoms with Gasteiger partial charge < -0.3 is 14.2 Å². The summed E-state index contributed by atoms with van der Waals surface area (Å²) in [6.07, 6.45) is 0. The molecule has 0 spiro atoms. The van der Waals surface area contributed by atoms with Crippen molar-refractivity contribution in [3.63, 3.8) is 0 Å². The highest BCUT2D eigenvalue weighted by atomic mass is 35.5. The van der Waals surface area contributed by atoms with E-state index in [0.29, 0.717) is 21.5 Å². The highest BCUT2D eigenvalue weighted by Crippen LogP contribution is 2.39. The van der Waals surface area contributed by atoms with Gasteiger partial charge in [-0.2, -0.15) is 0 Å².